The van der Waals surface area contributed by atoms with Crippen LogP contribution in [0.2, 0.25) is 0 Å². The van der Waals surface area contributed by atoms with Gasteiger partial charge in [-0.25, -0.2) is 0 Å². The summed E-state index contributed by atoms with van der Waals surface area (Å²) in [7, 11) is 4.89. The normalized spacial score (nSPS) is 15.3. The lowest BCUT2D eigenvalue weighted by molar-refractivity contribution is -0.121. The number of anilines is 1. The van der Waals surface area contributed by atoms with Gasteiger partial charge in [0.05, 0.1) is 14.2 Å². The quantitative estimate of drug-likeness (QED) is 0.513. The Labute approximate surface area is 155 Å². The van der Waals surface area contributed by atoms with Crippen molar-refractivity contribution in [2.75, 3.05) is 33.1 Å². The summed E-state index contributed by atoms with van der Waals surface area (Å²) in [5.74, 6) is 1.99. The Hall–Kier alpha value is -2.44. The van der Waals surface area contributed by atoms with E-state index in [-0.39, 0.29) is 5.91 Å². The summed E-state index contributed by atoms with van der Waals surface area (Å²) in [5.41, 5.74) is 0.822. The summed E-state index contributed by atoms with van der Waals surface area (Å²) in [4.78, 5) is 16.2. The third-order valence-electron chi connectivity index (χ3n) is 4.48. The zero-order valence-electron chi connectivity index (χ0n) is 15.9. The molecule has 0 radical (unpaired) electrons. The molecule has 0 aliphatic heterocycles. The maximum atomic E-state index is 12.1. The Bertz CT molecular complexity index is 613. The summed E-state index contributed by atoms with van der Waals surface area (Å²) in [6.07, 6.45) is 6.33. The number of nitrogens with one attached hydrogen (secondary N) is 3. The zero-order valence-corrected chi connectivity index (χ0v) is 15.9. The third kappa shape index (κ3) is 6.13. The maximum absolute atomic E-state index is 12.1. The van der Waals surface area contributed by atoms with Crippen LogP contribution in [0.5, 0.6) is 11.5 Å². The molecule has 1 aromatic rings. The number of hydrogen-bond donors (Lipinski definition) is 3. The third-order valence-corrected chi connectivity index (χ3v) is 4.48. The fraction of sp³-hybridized carbons (Fsp3) is 0.579. The standard InChI is InChI=1S/C19H30N4O3/c1-20-19(23-15-9-10-16(25-2)17(13-15)26-3)21-12-11-18(24)22-14-7-5-4-6-8-14/h9-10,13-14H,4-8,11-12H2,1-3H3,(H,22,24)(H2,20,21,23). The first kappa shape index (κ1) is 19.9. The molecule has 1 fully saturated rings. The monoisotopic (exact) mass is 362 g/mol. The minimum absolute atomic E-state index is 0.0889. The van der Waals surface area contributed by atoms with E-state index >= 15 is 0 Å². The molecule has 144 valence electrons. The molecule has 2 rings (SSSR count). The van der Waals surface area contributed by atoms with Gasteiger partial charge in [0, 0.05) is 37.8 Å². The molecule has 1 aliphatic carbocycles. The van der Waals surface area contributed by atoms with E-state index in [1.165, 1.54) is 19.3 Å². The van der Waals surface area contributed by atoms with Crippen LogP contribution in [-0.2, 0) is 4.79 Å². The van der Waals surface area contributed by atoms with Crippen LogP contribution in [0.15, 0.2) is 23.2 Å². The molecule has 0 spiro atoms. The fourth-order valence-corrected chi connectivity index (χ4v) is 3.07. The highest BCUT2D eigenvalue weighted by atomic mass is 16.5. The summed E-state index contributed by atoms with van der Waals surface area (Å²) in [5, 5.41) is 9.46. The van der Waals surface area contributed by atoms with E-state index in [1.807, 2.05) is 18.2 Å². The lowest BCUT2D eigenvalue weighted by Gasteiger charge is -2.22. The van der Waals surface area contributed by atoms with Crippen LogP contribution >= 0.6 is 0 Å². The Morgan fingerprint density at radius 2 is 1.88 bits per heavy atom. The van der Waals surface area contributed by atoms with Crippen LogP contribution in [-0.4, -0.2) is 45.7 Å². The van der Waals surface area contributed by atoms with E-state index in [0.29, 0.717) is 36.5 Å². The number of guanidine groups is 1. The van der Waals surface area contributed by atoms with Gasteiger partial charge < -0.3 is 25.4 Å². The van der Waals surface area contributed by atoms with E-state index < -0.39 is 0 Å². The molecular weight excluding hydrogens is 332 g/mol. The molecule has 3 N–H and O–H groups in total. The van der Waals surface area contributed by atoms with Crippen LogP contribution in [0.3, 0.4) is 0 Å². The van der Waals surface area contributed by atoms with Crippen molar-refractivity contribution in [2.24, 2.45) is 4.99 Å². The average molecular weight is 362 g/mol. The van der Waals surface area contributed by atoms with E-state index in [2.05, 4.69) is 20.9 Å². The van der Waals surface area contributed by atoms with Crippen molar-refractivity contribution in [1.29, 1.82) is 0 Å². The van der Waals surface area contributed by atoms with Gasteiger partial charge in [-0.3, -0.25) is 9.79 Å². The van der Waals surface area contributed by atoms with Crippen LogP contribution in [0.25, 0.3) is 0 Å². The fourth-order valence-electron chi connectivity index (χ4n) is 3.07. The van der Waals surface area contributed by atoms with E-state index in [1.54, 1.807) is 21.3 Å². The van der Waals surface area contributed by atoms with Crippen LogP contribution < -0.4 is 25.4 Å². The van der Waals surface area contributed by atoms with Gasteiger partial charge in [-0.2, -0.15) is 0 Å². The molecule has 0 aromatic heterocycles. The second-order valence-electron chi connectivity index (χ2n) is 6.35. The molecule has 0 saturated heterocycles. The number of aliphatic imine (C=N–C) groups is 1. The van der Waals surface area contributed by atoms with Gasteiger partial charge in [0.1, 0.15) is 0 Å². The van der Waals surface area contributed by atoms with Gasteiger partial charge in [-0.1, -0.05) is 19.3 Å². The Kier molecular flexibility index (Phi) is 8.05. The molecule has 1 amide bonds. The average Bonchev–Trinajstić information content (AvgIpc) is 2.67. The van der Waals surface area contributed by atoms with Crippen LogP contribution in [0.4, 0.5) is 5.69 Å². The summed E-state index contributed by atoms with van der Waals surface area (Å²) < 4.78 is 10.5. The van der Waals surface area contributed by atoms with Crippen molar-refractivity contribution in [1.82, 2.24) is 10.6 Å². The topological polar surface area (TPSA) is 84.0 Å². The first-order valence-electron chi connectivity index (χ1n) is 9.15. The highest BCUT2D eigenvalue weighted by Gasteiger charge is 2.15. The number of ether oxygens (including phenoxy) is 2. The number of methoxy groups -OCH3 is 2. The molecular formula is C19H30N4O3. The van der Waals surface area contributed by atoms with Gasteiger partial charge in [-0.15, -0.1) is 0 Å². The molecule has 1 aliphatic rings. The lowest BCUT2D eigenvalue weighted by Crippen LogP contribution is -2.39. The molecule has 0 unspecified atom stereocenters. The number of nitrogens with zero attached hydrogens (tertiary/aromatic N) is 1. The number of rotatable bonds is 7. The minimum Gasteiger partial charge on any atom is -0.493 e. The Morgan fingerprint density at radius 3 is 2.54 bits per heavy atom. The molecule has 26 heavy (non-hydrogen) atoms. The molecule has 0 bridgehead atoms. The predicted octanol–water partition coefficient (Wildman–Crippen LogP) is 2.53. The second-order valence-corrected chi connectivity index (χ2v) is 6.35. The summed E-state index contributed by atoms with van der Waals surface area (Å²) in [6, 6.07) is 5.89. The Balaban J connectivity index is 1.77. The van der Waals surface area contributed by atoms with Crippen molar-refractivity contribution in [3.8, 4) is 11.5 Å². The van der Waals surface area contributed by atoms with E-state index in [0.717, 1.165) is 18.5 Å². The molecule has 0 heterocycles. The van der Waals surface area contributed by atoms with Crippen LogP contribution in [0, 0.1) is 0 Å². The van der Waals surface area contributed by atoms with Crippen molar-refractivity contribution >= 4 is 17.6 Å². The van der Waals surface area contributed by atoms with Gasteiger partial charge >= 0.3 is 0 Å². The molecule has 7 nitrogen and oxygen atoms in total. The van der Waals surface area contributed by atoms with Crippen molar-refractivity contribution in [2.45, 2.75) is 44.6 Å². The van der Waals surface area contributed by atoms with E-state index in [9.17, 15) is 4.79 Å². The van der Waals surface area contributed by atoms with Gasteiger partial charge in [0.15, 0.2) is 17.5 Å². The van der Waals surface area contributed by atoms with Gasteiger partial charge in [-0.05, 0) is 25.0 Å². The van der Waals surface area contributed by atoms with E-state index in [4.69, 9.17) is 9.47 Å². The molecule has 1 aromatic carbocycles. The van der Waals surface area contributed by atoms with Gasteiger partial charge in [0.25, 0.3) is 0 Å². The number of carbonyl (C=O) groups excluding carboxylic acids is 1. The van der Waals surface area contributed by atoms with Crippen molar-refractivity contribution in [3.05, 3.63) is 18.2 Å². The largest absolute Gasteiger partial charge is 0.493 e. The second kappa shape index (κ2) is 10.5. The number of benzene rings is 1. The van der Waals surface area contributed by atoms with Crippen molar-refractivity contribution in [3.63, 3.8) is 0 Å². The number of carbonyl (C=O) groups is 1. The lowest BCUT2D eigenvalue weighted by atomic mass is 9.95. The molecule has 0 atom stereocenters. The maximum Gasteiger partial charge on any atom is 0.221 e. The zero-order chi connectivity index (χ0) is 18.8. The number of hydrogen-bond acceptors (Lipinski definition) is 4. The minimum atomic E-state index is 0.0889. The highest BCUT2D eigenvalue weighted by molar-refractivity contribution is 5.94. The molecule has 7 heteroatoms. The van der Waals surface area contributed by atoms with Gasteiger partial charge in [0.2, 0.25) is 5.91 Å². The molecule has 1 saturated carbocycles. The predicted molar refractivity (Wildman–Crippen MR) is 104 cm³/mol. The SMILES string of the molecule is CN=C(NCCC(=O)NC1CCCCC1)Nc1ccc(OC)c(OC)c1. The number of amides is 1. The summed E-state index contributed by atoms with van der Waals surface area (Å²) in [6.45, 7) is 0.519. The highest BCUT2D eigenvalue weighted by Crippen LogP contribution is 2.29. The first-order chi connectivity index (χ1) is 12.7. The Morgan fingerprint density at radius 1 is 1.15 bits per heavy atom. The first-order valence-corrected chi connectivity index (χ1v) is 9.15. The van der Waals surface area contributed by atoms with Crippen molar-refractivity contribution < 1.29 is 14.3 Å². The smallest absolute Gasteiger partial charge is 0.221 e. The van der Waals surface area contributed by atoms with Crippen LogP contribution in [0.1, 0.15) is 38.5 Å². The summed E-state index contributed by atoms with van der Waals surface area (Å²) >= 11 is 0.